The van der Waals surface area contributed by atoms with Crippen molar-refractivity contribution in [3.63, 3.8) is 0 Å². The van der Waals surface area contributed by atoms with E-state index in [-0.39, 0.29) is 18.6 Å². The topological polar surface area (TPSA) is 66.6 Å². The number of carbonyl (C=O) groups excluding carboxylic acids is 1. The molecule has 0 heterocycles. The lowest BCUT2D eigenvalue weighted by atomic mass is 9.91. The van der Waals surface area contributed by atoms with E-state index in [1.54, 1.807) is 29.2 Å². The Labute approximate surface area is 118 Å². The van der Waals surface area contributed by atoms with Crippen LogP contribution in [0.15, 0.2) is 24.3 Å². The smallest absolute Gasteiger partial charge is 0.254 e. The summed E-state index contributed by atoms with van der Waals surface area (Å²) < 4.78 is 0. The number of thiocarbonyl (C=S) groups is 1. The molecule has 1 amide bonds. The number of amides is 1. The molecule has 3 N–H and O–H groups in total. The van der Waals surface area contributed by atoms with E-state index in [1.807, 2.05) is 0 Å². The van der Waals surface area contributed by atoms with E-state index in [0.29, 0.717) is 17.1 Å². The Kier molecular flexibility index (Phi) is 4.50. The first kappa shape index (κ1) is 14.0. The number of hydrogen-bond acceptors (Lipinski definition) is 3. The minimum Gasteiger partial charge on any atom is -0.395 e. The minimum absolute atomic E-state index is 0.00674. The molecule has 1 aromatic rings. The minimum atomic E-state index is -0.0340. The van der Waals surface area contributed by atoms with Crippen LogP contribution in [0.3, 0.4) is 0 Å². The number of aliphatic hydroxyl groups excluding tert-OH is 1. The highest BCUT2D eigenvalue weighted by Gasteiger charge is 2.28. The van der Waals surface area contributed by atoms with Crippen LogP contribution in [0.25, 0.3) is 0 Å². The molecule has 5 heteroatoms. The molecular formula is C14H18N2O2S. The molecule has 1 aromatic carbocycles. The van der Waals surface area contributed by atoms with Crippen LogP contribution >= 0.6 is 12.2 Å². The highest BCUT2D eigenvalue weighted by Crippen LogP contribution is 2.26. The van der Waals surface area contributed by atoms with Crippen LogP contribution in [0.5, 0.6) is 0 Å². The highest BCUT2D eigenvalue weighted by atomic mass is 32.1. The number of carbonyl (C=O) groups is 1. The van der Waals surface area contributed by atoms with Crippen molar-refractivity contribution in [3.05, 3.63) is 35.4 Å². The SMILES string of the molecule is NC(=S)c1ccc(C(=O)N(CCO)C2CCC2)cc1. The Morgan fingerprint density at radius 3 is 2.32 bits per heavy atom. The fourth-order valence-electron chi connectivity index (χ4n) is 2.20. The third kappa shape index (κ3) is 3.11. The molecule has 1 aliphatic rings. The van der Waals surface area contributed by atoms with Gasteiger partial charge in [0.2, 0.25) is 0 Å². The molecule has 0 bridgehead atoms. The van der Waals surface area contributed by atoms with E-state index >= 15 is 0 Å². The van der Waals surface area contributed by atoms with E-state index in [1.165, 1.54) is 0 Å². The molecule has 19 heavy (non-hydrogen) atoms. The van der Waals surface area contributed by atoms with Crippen molar-refractivity contribution in [1.82, 2.24) is 4.90 Å². The van der Waals surface area contributed by atoms with Gasteiger partial charge in [0.25, 0.3) is 5.91 Å². The first-order valence-corrected chi connectivity index (χ1v) is 6.86. The van der Waals surface area contributed by atoms with Crippen LogP contribution in [0.4, 0.5) is 0 Å². The van der Waals surface area contributed by atoms with Crippen molar-refractivity contribution in [1.29, 1.82) is 0 Å². The average Bonchev–Trinajstić information content (AvgIpc) is 2.35. The summed E-state index contributed by atoms with van der Waals surface area (Å²) in [7, 11) is 0. The summed E-state index contributed by atoms with van der Waals surface area (Å²) in [5, 5.41) is 9.09. The Hall–Kier alpha value is -1.46. The van der Waals surface area contributed by atoms with E-state index in [4.69, 9.17) is 23.1 Å². The Bertz CT molecular complexity index is 469. The Morgan fingerprint density at radius 2 is 1.89 bits per heavy atom. The van der Waals surface area contributed by atoms with Gasteiger partial charge in [-0.2, -0.15) is 0 Å². The fraction of sp³-hybridized carbons (Fsp3) is 0.429. The lowest BCUT2D eigenvalue weighted by Gasteiger charge is -2.37. The zero-order valence-corrected chi connectivity index (χ0v) is 11.5. The van der Waals surface area contributed by atoms with E-state index in [9.17, 15) is 4.79 Å². The van der Waals surface area contributed by atoms with Gasteiger partial charge >= 0.3 is 0 Å². The van der Waals surface area contributed by atoms with Crippen LogP contribution < -0.4 is 5.73 Å². The van der Waals surface area contributed by atoms with Gasteiger partial charge in [0, 0.05) is 23.7 Å². The van der Waals surface area contributed by atoms with Gasteiger partial charge in [-0.1, -0.05) is 24.4 Å². The third-order valence-corrected chi connectivity index (χ3v) is 3.77. The van der Waals surface area contributed by atoms with Crippen LogP contribution in [0, 0.1) is 0 Å². The quantitative estimate of drug-likeness (QED) is 0.797. The van der Waals surface area contributed by atoms with Crippen LogP contribution in [0.2, 0.25) is 0 Å². The van der Waals surface area contributed by atoms with Crippen LogP contribution in [-0.4, -0.2) is 40.1 Å². The number of rotatable bonds is 5. The lowest BCUT2D eigenvalue weighted by Crippen LogP contribution is -2.45. The zero-order valence-electron chi connectivity index (χ0n) is 10.7. The van der Waals surface area contributed by atoms with Gasteiger partial charge in [-0.05, 0) is 31.4 Å². The molecule has 0 saturated heterocycles. The molecule has 0 aliphatic heterocycles. The Morgan fingerprint density at radius 1 is 1.32 bits per heavy atom. The Balaban J connectivity index is 2.13. The van der Waals surface area contributed by atoms with Crippen molar-refractivity contribution in [3.8, 4) is 0 Å². The molecule has 4 nitrogen and oxygen atoms in total. The summed E-state index contributed by atoms with van der Waals surface area (Å²) in [6.07, 6.45) is 3.20. The second kappa shape index (κ2) is 6.12. The molecule has 0 spiro atoms. The first-order valence-electron chi connectivity index (χ1n) is 6.45. The molecule has 0 radical (unpaired) electrons. The fourth-order valence-corrected chi connectivity index (χ4v) is 2.34. The van der Waals surface area contributed by atoms with E-state index in [2.05, 4.69) is 0 Å². The lowest BCUT2D eigenvalue weighted by molar-refractivity contribution is 0.0526. The number of nitrogens with zero attached hydrogens (tertiary/aromatic N) is 1. The summed E-state index contributed by atoms with van der Waals surface area (Å²) >= 11 is 4.88. The molecule has 1 fully saturated rings. The molecule has 1 aliphatic carbocycles. The molecule has 102 valence electrons. The monoisotopic (exact) mass is 278 g/mol. The maximum Gasteiger partial charge on any atom is 0.254 e. The largest absolute Gasteiger partial charge is 0.395 e. The van der Waals surface area contributed by atoms with Crippen LogP contribution in [-0.2, 0) is 0 Å². The summed E-state index contributed by atoms with van der Waals surface area (Å²) in [5.41, 5.74) is 6.89. The number of aliphatic hydroxyl groups is 1. The van der Waals surface area contributed by atoms with Crippen LogP contribution in [0.1, 0.15) is 35.2 Å². The van der Waals surface area contributed by atoms with Gasteiger partial charge in [0.1, 0.15) is 4.99 Å². The maximum atomic E-state index is 12.4. The number of hydrogen-bond donors (Lipinski definition) is 2. The molecular weight excluding hydrogens is 260 g/mol. The van der Waals surface area contributed by atoms with Crippen molar-refractivity contribution in [2.45, 2.75) is 25.3 Å². The van der Waals surface area contributed by atoms with Crippen molar-refractivity contribution < 1.29 is 9.90 Å². The summed E-state index contributed by atoms with van der Waals surface area (Å²) in [6, 6.07) is 7.26. The summed E-state index contributed by atoms with van der Waals surface area (Å²) in [6.45, 7) is 0.383. The third-order valence-electron chi connectivity index (χ3n) is 3.53. The first-order chi connectivity index (χ1) is 9.13. The summed E-state index contributed by atoms with van der Waals surface area (Å²) in [4.78, 5) is 14.5. The second-order valence-corrected chi connectivity index (χ2v) is 5.19. The second-order valence-electron chi connectivity index (χ2n) is 4.75. The normalized spacial score (nSPS) is 14.8. The molecule has 0 aromatic heterocycles. The molecule has 2 rings (SSSR count). The van der Waals surface area contributed by atoms with Crippen molar-refractivity contribution in [2.24, 2.45) is 5.73 Å². The predicted octanol–water partition coefficient (Wildman–Crippen LogP) is 1.31. The predicted molar refractivity (Wildman–Crippen MR) is 78.1 cm³/mol. The number of benzene rings is 1. The van der Waals surface area contributed by atoms with Gasteiger partial charge in [0.05, 0.1) is 6.61 Å². The van der Waals surface area contributed by atoms with Gasteiger partial charge in [-0.15, -0.1) is 0 Å². The van der Waals surface area contributed by atoms with Crippen molar-refractivity contribution >= 4 is 23.1 Å². The van der Waals surface area contributed by atoms with E-state index in [0.717, 1.165) is 24.8 Å². The van der Waals surface area contributed by atoms with Gasteiger partial charge in [-0.25, -0.2) is 0 Å². The van der Waals surface area contributed by atoms with Gasteiger partial charge in [0.15, 0.2) is 0 Å². The molecule has 1 saturated carbocycles. The van der Waals surface area contributed by atoms with Gasteiger partial charge in [-0.3, -0.25) is 4.79 Å². The van der Waals surface area contributed by atoms with Crippen molar-refractivity contribution in [2.75, 3.05) is 13.2 Å². The zero-order chi connectivity index (χ0) is 13.8. The number of nitrogens with two attached hydrogens (primary N) is 1. The molecule has 0 atom stereocenters. The standard InChI is InChI=1S/C14H18N2O2S/c15-13(19)10-4-6-11(7-5-10)14(18)16(8-9-17)12-2-1-3-12/h4-7,12,17H,1-3,8-9H2,(H2,15,19). The average molecular weight is 278 g/mol. The molecule has 0 unspecified atom stereocenters. The highest BCUT2D eigenvalue weighted by molar-refractivity contribution is 7.80. The summed E-state index contributed by atoms with van der Waals surface area (Å²) in [5.74, 6) is -0.0340. The van der Waals surface area contributed by atoms with E-state index < -0.39 is 0 Å². The van der Waals surface area contributed by atoms with Gasteiger partial charge < -0.3 is 15.7 Å². The maximum absolute atomic E-state index is 12.4.